The maximum atomic E-state index is 2.56. The Balaban J connectivity index is 1.53. The summed E-state index contributed by atoms with van der Waals surface area (Å²) in [5.41, 5.74) is 12.1. The fourth-order valence-corrected chi connectivity index (χ4v) is 6.22. The Morgan fingerprint density at radius 1 is 0.946 bits per heavy atom. The van der Waals surface area contributed by atoms with Crippen molar-refractivity contribution >= 4 is 6.08 Å². The van der Waals surface area contributed by atoms with Gasteiger partial charge in [0.15, 0.2) is 0 Å². The van der Waals surface area contributed by atoms with Gasteiger partial charge in [0.2, 0.25) is 0 Å². The monoisotopic (exact) mass is 484 g/mol. The topological polar surface area (TPSA) is 8.17 Å². The van der Waals surface area contributed by atoms with Crippen molar-refractivity contribution in [1.29, 1.82) is 0 Å². The van der Waals surface area contributed by atoms with Crippen molar-refractivity contribution in [3.05, 3.63) is 136 Å². The number of aromatic nitrogens is 1. The predicted octanol–water partition coefficient (Wildman–Crippen LogP) is 8.87. The van der Waals surface area contributed by atoms with Crippen molar-refractivity contribution < 1.29 is 0 Å². The SMILES string of the molecule is Cc1ccc(-c2ccccc2[C@@H](C2=Cc3ccccc3C3C=CC(C4=CC=CCC4)=CN23)C(C)C)n1C. The molecule has 3 heterocycles. The molecule has 0 bridgehead atoms. The van der Waals surface area contributed by atoms with E-state index < -0.39 is 0 Å². The van der Waals surface area contributed by atoms with Gasteiger partial charge in [-0.1, -0.05) is 92.8 Å². The number of nitrogens with zero attached hydrogens (tertiary/aromatic N) is 2. The summed E-state index contributed by atoms with van der Waals surface area (Å²) in [6.45, 7) is 6.92. The molecule has 186 valence electrons. The van der Waals surface area contributed by atoms with Crippen LogP contribution in [0.25, 0.3) is 17.3 Å². The van der Waals surface area contributed by atoms with Gasteiger partial charge in [-0.2, -0.15) is 0 Å². The molecule has 2 atom stereocenters. The number of hydrogen-bond acceptors (Lipinski definition) is 1. The fourth-order valence-electron chi connectivity index (χ4n) is 6.22. The first kappa shape index (κ1) is 23.6. The van der Waals surface area contributed by atoms with Crippen molar-refractivity contribution in [2.45, 2.75) is 45.6 Å². The molecule has 3 aliphatic rings. The van der Waals surface area contributed by atoms with E-state index in [0.29, 0.717) is 5.92 Å². The Kier molecular flexibility index (Phi) is 6.12. The Morgan fingerprint density at radius 3 is 2.51 bits per heavy atom. The van der Waals surface area contributed by atoms with Crippen LogP contribution in [0.4, 0.5) is 0 Å². The van der Waals surface area contributed by atoms with Crippen LogP contribution in [0.15, 0.2) is 114 Å². The quantitative estimate of drug-likeness (QED) is 0.351. The van der Waals surface area contributed by atoms with Crippen molar-refractivity contribution in [1.82, 2.24) is 9.47 Å². The maximum Gasteiger partial charge on any atom is 0.0776 e. The average Bonchev–Trinajstić information content (AvgIpc) is 3.26. The summed E-state index contributed by atoms with van der Waals surface area (Å²) in [7, 11) is 2.18. The Bertz CT molecular complexity index is 1490. The Hall–Kier alpha value is -3.78. The number of allylic oxidation sites excluding steroid dienone is 7. The van der Waals surface area contributed by atoms with Gasteiger partial charge < -0.3 is 9.47 Å². The second kappa shape index (κ2) is 9.59. The molecular formula is C35H36N2. The molecule has 0 fully saturated rings. The van der Waals surface area contributed by atoms with Crippen LogP contribution in [0.1, 0.15) is 61.0 Å². The molecular weight excluding hydrogens is 448 g/mol. The van der Waals surface area contributed by atoms with E-state index in [1.54, 1.807) is 0 Å². The minimum atomic E-state index is 0.213. The van der Waals surface area contributed by atoms with Gasteiger partial charge in [-0.05, 0) is 71.7 Å². The van der Waals surface area contributed by atoms with Crippen LogP contribution >= 0.6 is 0 Å². The molecule has 1 aliphatic carbocycles. The van der Waals surface area contributed by atoms with Crippen molar-refractivity contribution in [2.75, 3.05) is 0 Å². The first-order valence-corrected chi connectivity index (χ1v) is 13.6. The lowest BCUT2D eigenvalue weighted by Gasteiger charge is -2.43. The summed E-state index contributed by atoms with van der Waals surface area (Å²) in [5.74, 6) is 0.686. The molecule has 6 rings (SSSR count). The fraction of sp³-hybridized carbons (Fsp3) is 0.257. The third kappa shape index (κ3) is 4.15. The normalized spacial score (nSPS) is 19.2. The Labute approximate surface area is 221 Å². The summed E-state index contributed by atoms with van der Waals surface area (Å²) in [4.78, 5) is 2.56. The molecule has 0 saturated heterocycles. The number of hydrogen-bond donors (Lipinski definition) is 0. The van der Waals surface area contributed by atoms with E-state index in [2.05, 4.69) is 141 Å². The van der Waals surface area contributed by atoms with Gasteiger partial charge in [-0.3, -0.25) is 0 Å². The highest BCUT2D eigenvalue weighted by atomic mass is 15.2. The largest absolute Gasteiger partial charge is 0.348 e. The molecule has 1 aromatic heterocycles. The minimum absolute atomic E-state index is 0.213. The molecule has 2 nitrogen and oxygen atoms in total. The van der Waals surface area contributed by atoms with E-state index in [1.807, 2.05) is 0 Å². The molecule has 0 spiro atoms. The van der Waals surface area contributed by atoms with Crippen LogP contribution in [0.5, 0.6) is 0 Å². The van der Waals surface area contributed by atoms with Crippen LogP contribution in [0.2, 0.25) is 0 Å². The first-order chi connectivity index (χ1) is 18.0. The zero-order valence-electron chi connectivity index (χ0n) is 22.4. The molecule has 37 heavy (non-hydrogen) atoms. The standard InChI is InChI=1S/C35H36N2/c1-24(2)35(31-17-11-10-16-30(31)32-20-18-25(3)36(32)4)34-22-27-14-8-9-15-29(27)33-21-19-28(23-37(33)34)26-12-6-5-7-13-26/h5-6,8-12,14-24,33,35H,7,13H2,1-4H3/t33?,35-/m0/s1. The zero-order chi connectivity index (χ0) is 25.5. The van der Waals surface area contributed by atoms with Crippen LogP contribution in [-0.2, 0) is 7.05 Å². The molecule has 0 saturated carbocycles. The van der Waals surface area contributed by atoms with Crippen molar-refractivity contribution in [3.63, 3.8) is 0 Å². The third-order valence-electron chi connectivity index (χ3n) is 8.27. The Morgan fingerprint density at radius 2 is 1.76 bits per heavy atom. The van der Waals surface area contributed by atoms with Crippen LogP contribution < -0.4 is 0 Å². The van der Waals surface area contributed by atoms with Crippen molar-refractivity contribution in [2.24, 2.45) is 13.0 Å². The molecule has 3 aromatic rings. The van der Waals surface area contributed by atoms with Gasteiger partial charge in [0.1, 0.15) is 0 Å². The number of aryl methyl sites for hydroxylation is 1. The minimum Gasteiger partial charge on any atom is -0.348 e. The predicted molar refractivity (Wildman–Crippen MR) is 156 cm³/mol. The second-order valence-corrected chi connectivity index (χ2v) is 10.9. The van der Waals surface area contributed by atoms with E-state index in [4.69, 9.17) is 0 Å². The second-order valence-electron chi connectivity index (χ2n) is 10.9. The molecule has 2 heteroatoms. The van der Waals surface area contributed by atoms with Gasteiger partial charge in [0.05, 0.1) is 6.04 Å². The van der Waals surface area contributed by atoms with Gasteiger partial charge in [-0.15, -0.1) is 0 Å². The zero-order valence-corrected chi connectivity index (χ0v) is 22.4. The van der Waals surface area contributed by atoms with E-state index in [-0.39, 0.29) is 12.0 Å². The summed E-state index contributed by atoms with van der Waals surface area (Å²) in [6, 6.07) is 22.6. The molecule has 0 amide bonds. The summed E-state index contributed by atoms with van der Waals surface area (Å²) >= 11 is 0. The summed E-state index contributed by atoms with van der Waals surface area (Å²) in [6.07, 6.45) is 18.6. The summed E-state index contributed by atoms with van der Waals surface area (Å²) < 4.78 is 2.31. The number of benzene rings is 2. The number of rotatable bonds is 5. The van der Waals surface area contributed by atoms with Crippen LogP contribution in [0, 0.1) is 12.8 Å². The van der Waals surface area contributed by atoms with E-state index >= 15 is 0 Å². The highest BCUT2D eigenvalue weighted by Crippen LogP contribution is 2.48. The third-order valence-corrected chi connectivity index (χ3v) is 8.27. The lowest BCUT2D eigenvalue weighted by molar-refractivity contribution is 0.341. The van der Waals surface area contributed by atoms with Gasteiger partial charge in [0, 0.05) is 41.8 Å². The van der Waals surface area contributed by atoms with Gasteiger partial charge >= 0.3 is 0 Å². The first-order valence-electron chi connectivity index (χ1n) is 13.6. The maximum absolute atomic E-state index is 2.56. The van der Waals surface area contributed by atoms with Crippen molar-refractivity contribution in [3.8, 4) is 11.3 Å². The van der Waals surface area contributed by atoms with Gasteiger partial charge in [-0.25, -0.2) is 0 Å². The van der Waals surface area contributed by atoms with E-state index in [1.165, 1.54) is 50.5 Å². The lowest BCUT2D eigenvalue weighted by Crippen LogP contribution is -2.32. The molecule has 2 aromatic carbocycles. The smallest absolute Gasteiger partial charge is 0.0776 e. The molecule has 1 unspecified atom stereocenters. The van der Waals surface area contributed by atoms with E-state index in [0.717, 1.165) is 12.8 Å². The number of fused-ring (bicyclic) bond motifs is 3. The average molecular weight is 485 g/mol. The molecule has 0 radical (unpaired) electrons. The molecule has 0 N–H and O–H groups in total. The van der Waals surface area contributed by atoms with E-state index in [9.17, 15) is 0 Å². The highest BCUT2D eigenvalue weighted by molar-refractivity contribution is 5.70. The van der Waals surface area contributed by atoms with Crippen LogP contribution in [-0.4, -0.2) is 9.47 Å². The highest BCUT2D eigenvalue weighted by Gasteiger charge is 2.35. The van der Waals surface area contributed by atoms with Crippen LogP contribution in [0.3, 0.4) is 0 Å². The lowest BCUT2D eigenvalue weighted by atomic mass is 9.78. The van der Waals surface area contributed by atoms with Gasteiger partial charge in [0.25, 0.3) is 0 Å². The summed E-state index contributed by atoms with van der Waals surface area (Å²) in [5, 5.41) is 0. The molecule has 2 aliphatic heterocycles.